The van der Waals surface area contributed by atoms with Crippen LogP contribution in [-0.4, -0.2) is 55.4 Å². The van der Waals surface area contributed by atoms with Crippen molar-refractivity contribution in [2.24, 2.45) is 5.92 Å². The quantitative estimate of drug-likeness (QED) is 0.412. The third-order valence-corrected chi connectivity index (χ3v) is 7.21. The number of rotatable bonds is 9. The van der Waals surface area contributed by atoms with Crippen molar-refractivity contribution in [3.05, 3.63) is 42.5 Å². The third kappa shape index (κ3) is 5.28. The summed E-state index contributed by atoms with van der Waals surface area (Å²) in [5.74, 6) is 0.518. The fourth-order valence-corrected chi connectivity index (χ4v) is 4.87. The van der Waals surface area contributed by atoms with Crippen molar-refractivity contribution >= 4 is 38.7 Å². The average Bonchev–Trinajstić information content (AvgIpc) is 3.38. The number of aromatic nitrogens is 2. The highest BCUT2D eigenvalue weighted by atomic mass is 32.2. The number of benzene rings is 2. The maximum absolute atomic E-state index is 12.7. The number of hydrogen-bond acceptors (Lipinski definition) is 7. The number of nitrogens with zero attached hydrogens (tertiary/aromatic N) is 2. The van der Waals surface area contributed by atoms with Gasteiger partial charge < -0.3 is 19.4 Å². The van der Waals surface area contributed by atoms with E-state index in [1.807, 2.05) is 0 Å². The molecule has 2 heterocycles. The molecule has 1 saturated carbocycles. The molecule has 2 fully saturated rings. The molecule has 3 N–H and O–H groups in total. The van der Waals surface area contributed by atoms with Crippen LogP contribution < -0.4 is 14.8 Å². The molecular weight excluding hydrogens is 442 g/mol. The van der Waals surface area contributed by atoms with E-state index in [9.17, 15) is 13.2 Å². The predicted molar refractivity (Wildman–Crippen MR) is 126 cm³/mol. The second-order valence-electron chi connectivity index (χ2n) is 8.57. The normalized spacial score (nSPS) is 16.7. The van der Waals surface area contributed by atoms with Crippen LogP contribution in [0.3, 0.4) is 0 Å². The van der Waals surface area contributed by atoms with Gasteiger partial charge in [0.2, 0.25) is 11.9 Å². The fourth-order valence-electron chi connectivity index (χ4n) is 3.94. The molecule has 2 aliphatic rings. The molecule has 174 valence electrons. The summed E-state index contributed by atoms with van der Waals surface area (Å²) in [6.07, 6.45) is 4.32. The number of imidazole rings is 1. The molecule has 9 nitrogen and oxygen atoms in total. The van der Waals surface area contributed by atoms with Crippen LogP contribution in [0.5, 0.6) is 5.75 Å². The molecule has 1 aliphatic heterocycles. The molecule has 1 saturated heterocycles. The molecule has 2 aromatic carbocycles. The van der Waals surface area contributed by atoms with Crippen LogP contribution in [0.15, 0.2) is 47.4 Å². The highest BCUT2D eigenvalue weighted by Gasteiger charge is 2.30. The van der Waals surface area contributed by atoms with Crippen LogP contribution in [0, 0.1) is 5.92 Å². The minimum Gasteiger partial charge on any atom is -0.384 e. The number of likely N-dealkylation sites (tertiary alicyclic amines) is 1. The first-order chi connectivity index (χ1) is 16.0. The van der Waals surface area contributed by atoms with Gasteiger partial charge in [0, 0.05) is 30.8 Å². The van der Waals surface area contributed by atoms with Crippen LogP contribution in [0.4, 0.5) is 11.6 Å². The Morgan fingerprint density at radius 2 is 1.88 bits per heavy atom. The lowest BCUT2D eigenvalue weighted by Crippen LogP contribution is -2.25. The molecule has 1 aromatic heterocycles. The smallest absolute Gasteiger partial charge is 0.339 e. The van der Waals surface area contributed by atoms with Gasteiger partial charge in [-0.15, -0.1) is 0 Å². The number of H-pyrrole nitrogens is 1. The van der Waals surface area contributed by atoms with Gasteiger partial charge in [-0.05, 0) is 75.2 Å². The lowest BCUT2D eigenvalue weighted by molar-refractivity contribution is -0.117. The average molecular weight is 470 g/mol. The first-order valence-electron chi connectivity index (χ1n) is 11.3. The SMILES string of the molecule is O=C(Nc1nc2ccc(OS(=O)(=O)c3ccc(NCCN4CCCC4)cc3)cc2[nH]1)C1CC1. The summed E-state index contributed by atoms with van der Waals surface area (Å²) < 4.78 is 30.8. The van der Waals surface area contributed by atoms with Gasteiger partial charge in [-0.3, -0.25) is 10.1 Å². The molecule has 0 spiro atoms. The zero-order valence-corrected chi connectivity index (χ0v) is 19.0. The Morgan fingerprint density at radius 3 is 2.61 bits per heavy atom. The molecule has 1 amide bonds. The van der Waals surface area contributed by atoms with Crippen molar-refractivity contribution in [2.75, 3.05) is 36.8 Å². The molecule has 0 radical (unpaired) electrons. The summed E-state index contributed by atoms with van der Waals surface area (Å²) in [5.41, 5.74) is 2.05. The second kappa shape index (κ2) is 9.03. The summed E-state index contributed by atoms with van der Waals surface area (Å²) in [6, 6.07) is 11.3. The molecule has 0 bridgehead atoms. The summed E-state index contributed by atoms with van der Waals surface area (Å²) >= 11 is 0. The van der Waals surface area contributed by atoms with Gasteiger partial charge in [-0.2, -0.15) is 8.42 Å². The van der Waals surface area contributed by atoms with Gasteiger partial charge in [-0.25, -0.2) is 4.98 Å². The van der Waals surface area contributed by atoms with Crippen molar-refractivity contribution in [3.8, 4) is 5.75 Å². The Bertz CT molecular complexity index is 1250. The van der Waals surface area contributed by atoms with Crippen LogP contribution in [-0.2, 0) is 14.9 Å². The number of nitrogens with one attached hydrogen (secondary N) is 3. The Morgan fingerprint density at radius 1 is 1.12 bits per heavy atom. The third-order valence-electron chi connectivity index (χ3n) is 5.95. The molecule has 10 heteroatoms. The minimum atomic E-state index is -3.99. The van der Waals surface area contributed by atoms with Gasteiger partial charge in [0.05, 0.1) is 11.0 Å². The summed E-state index contributed by atoms with van der Waals surface area (Å²) in [5, 5.41) is 6.08. The Hall–Kier alpha value is -3.11. The highest BCUT2D eigenvalue weighted by molar-refractivity contribution is 7.87. The monoisotopic (exact) mass is 469 g/mol. The number of anilines is 2. The Balaban J connectivity index is 1.21. The summed E-state index contributed by atoms with van der Waals surface area (Å²) in [4.78, 5) is 21.7. The molecule has 33 heavy (non-hydrogen) atoms. The molecule has 0 unspecified atom stereocenters. The number of aromatic amines is 1. The lowest BCUT2D eigenvalue weighted by atomic mass is 10.3. The van der Waals surface area contributed by atoms with Gasteiger partial charge >= 0.3 is 10.1 Å². The van der Waals surface area contributed by atoms with Gasteiger partial charge in [0.15, 0.2) is 0 Å². The molecular formula is C23H27N5O4S. The van der Waals surface area contributed by atoms with E-state index in [4.69, 9.17) is 4.18 Å². The maximum Gasteiger partial charge on any atom is 0.339 e. The van der Waals surface area contributed by atoms with E-state index in [0.717, 1.165) is 44.7 Å². The number of amides is 1. The van der Waals surface area contributed by atoms with Gasteiger partial charge in [0.1, 0.15) is 10.6 Å². The minimum absolute atomic E-state index is 0.0536. The van der Waals surface area contributed by atoms with Crippen LogP contribution in [0.25, 0.3) is 11.0 Å². The largest absolute Gasteiger partial charge is 0.384 e. The zero-order valence-electron chi connectivity index (χ0n) is 18.2. The van der Waals surface area contributed by atoms with E-state index in [1.54, 1.807) is 30.3 Å². The predicted octanol–water partition coefficient (Wildman–Crippen LogP) is 3.19. The fraction of sp³-hybridized carbons (Fsp3) is 0.391. The second-order valence-corrected chi connectivity index (χ2v) is 10.1. The Kier molecular flexibility index (Phi) is 5.94. The topological polar surface area (TPSA) is 116 Å². The molecule has 5 rings (SSSR count). The molecule has 3 aromatic rings. The highest BCUT2D eigenvalue weighted by Crippen LogP contribution is 2.30. The van der Waals surface area contributed by atoms with Crippen molar-refractivity contribution < 1.29 is 17.4 Å². The first kappa shape index (κ1) is 21.7. The number of hydrogen-bond donors (Lipinski definition) is 3. The van der Waals surface area contributed by atoms with E-state index in [2.05, 4.69) is 25.5 Å². The maximum atomic E-state index is 12.7. The summed E-state index contributed by atoms with van der Waals surface area (Å²) in [7, 11) is -3.99. The van der Waals surface area contributed by atoms with Gasteiger partial charge in [0.25, 0.3) is 0 Å². The van der Waals surface area contributed by atoms with E-state index >= 15 is 0 Å². The van der Waals surface area contributed by atoms with Crippen LogP contribution in [0.1, 0.15) is 25.7 Å². The zero-order chi connectivity index (χ0) is 22.8. The van der Waals surface area contributed by atoms with E-state index < -0.39 is 10.1 Å². The van der Waals surface area contributed by atoms with E-state index in [0.29, 0.717) is 17.0 Å². The summed E-state index contributed by atoms with van der Waals surface area (Å²) in [6.45, 7) is 4.09. The van der Waals surface area contributed by atoms with Crippen molar-refractivity contribution in [1.29, 1.82) is 0 Å². The van der Waals surface area contributed by atoms with Crippen LogP contribution in [0.2, 0.25) is 0 Å². The van der Waals surface area contributed by atoms with Crippen molar-refractivity contribution in [1.82, 2.24) is 14.9 Å². The van der Waals surface area contributed by atoms with E-state index in [1.165, 1.54) is 25.0 Å². The first-order valence-corrected chi connectivity index (χ1v) is 12.7. The molecule has 0 atom stereocenters. The van der Waals surface area contributed by atoms with Crippen molar-refractivity contribution in [3.63, 3.8) is 0 Å². The van der Waals surface area contributed by atoms with Crippen LogP contribution >= 0.6 is 0 Å². The number of carbonyl (C=O) groups excluding carboxylic acids is 1. The number of fused-ring (bicyclic) bond motifs is 1. The molecule has 1 aliphatic carbocycles. The van der Waals surface area contributed by atoms with Gasteiger partial charge in [-0.1, -0.05) is 0 Å². The lowest BCUT2D eigenvalue weighted by Gasteiger charge is -2.15. The van der Waals surface area contributed by atoms with Crippen molar-refractivity contribution in [2.45, 2.75) is 30.6 Å². The standard InChI is InChI=1S/C23H27N5O4S/c29-22(16-3-4-16)27-23-25-20-10-7-18(15-21(20)26-23)32-33(30,31)19-8-5-17(6-9-19)24-11-14-28-12-1-2-13-28/h5-10,15-16,24H,1-4,11-14H2,(H2,25,26,27,29). The number of carbonyl (C=O) groups is 1. The van der Waals surface area contributed by atoms with E-state index in [-0.39, 0.29) is 22.5 Å². The Labute approximate surface area is 192 Å².